The third-order valence-electron chi connectivity index (χ3n) is 1.42. The Balaban J connectivity index is 0. The zero-order valence-electron chi connectivity index (χ0n) is 7.98. The van der Waals surface area contributed by atoms with Gasteiger partial charge in [0.05, 0.1) is 0 Å². The fourth-order valence-corrected chi connectivity index (χ4v) is 1.15. The molecule has 0 atom stereocenters. The molecule has 0 unspecified atom stereocenters. The van der Waals surface area contributed by atoms with Crippen LogP contribution in [0.4, 0.5) is 0 Å². The van der Waals surface area contributed by atoms with Gasteiger partial charge < -0.3 is 6.53 Å². The van der Waals surface area contributed by atoms with E-state index < -0.39 is 0 Å². The Bertz CT molecular complexity index is 242. The van der Waals surface area contributed by atoms with Crippen molar-refractivity contribution in [2.45, 2.75) is 13.8 Å². The van der Waals surface area contributed by atoms with Crippen LogP contribution in [0, 0.1) is 13.8 Å². The minimum Gasteiger partial charge on any atom is -1.00 e. The van der Waals surface area contributed by atoms with Gasteiger partial charge in [0.25, 0.3) is 0 Å². The number of halogens is 1. The van der Waals surface area contributed by atoms with Crippen LogP contribution in [0.15, 0.2) is 16.6 Å². The molecule has 1 aromatic rings. The first-order chi connectivity index (χ1) is 4.61. The van der Waals surface area contributed by atoms with Crippen molar-refractivity contribution in [1.82, 2.24) is 0 Å². The minimum atomic E-state index is 0. The van der Waals surface area contributed by atoms with Gasteiger partial charge in [-0.3, -0.25) is 0 Å². The molecule has 3 heteroatoms. The molecule has 56 valence electrons. The molecule has 0 spiro atoms. The van der Waals surface area contributed by atoms with Crippen LogP contribution in [0.2, 0.25) is 0 Å². The van der Waals surface area contributed by atoms with Crippen molar-refractivity contribution in [2.24, 2.45) is 0 Å². The first kappa shape index (κ1) is 11.5. The second kappa shape index (κ2) is 4.51. The molecule has 0 bridgehead atoms. The summed E-state index contributed by atoms with van der Waals surface area (Å²) in [6, 6.07) is 3.47. The van der Waals surface area contributed by atoms with Crippen molar-refractivity contribution in [2.75, 3.05) is 0 Å². The number of hydrogen-bond acceptors (Lipinski definition) is 1. The zero-order chi connectivity index (χ0) is 7.72. The first-order valence-corrected chi connectivity index (χ1v) is 3.86. The van der Waals surface area contributed by atoms with Crippen molar-refractivity contribution in [3.63, 3.8) is 0 Å². The van der Waals surface area contributed by atoms with E-state index in [-0.39, 0.29) is 31.0 Å². The van der Waals surface area contributed by atoms with E-state index in [0.29, 0.717) is 5.75 Å². The molecule has 1 aromatic carbocycles. The van der Waals surface area contributed by atoms with E-state index in [1.54, 1.807) is 12.1 Å². The molecular weight excluding hydrogens is 215 g/mol. The molecule has 0 aromatic heterocycles. The fraction of sp³-hybridized carbons (Fsp3) is 0.250. The summed E-state index contributed by atoms with van der Waals surface area (Å²) >= 11 is 3.40. The van der Waals surface area contributed by atoms with Gasteiger partial charge in [-0.2, -0.15) is 0 Å². The normalized spacial score (nSPS) is 9.00. The Kier molecular flexibility index (Phi) is 4.71. The Morgan fingerprint density at radius 3 is 2.00 bits per heavy atom. The van der Waals surface area contributed by atoms with Crippen LogP contribution in [0.5, 0.6) is 5.75 Å². The molecule has 0 heterocycles. The van der Waals surface area contributed by atoms with E-state index in [2.05, 4.69) is 15.9 Å². The van der Waals surface area contributed by atoms with Crippen molar-refractivity contribution >= 4 is 15.9 Å². The monoisotopic (exact) mass is 224 g/mol. The standard InChI is InChI=1S/C8H9BrO.Na.H/c1-5-3-7(10)4-6(2)8(5)9;;/h3-4,10H,1-2H3;;/q;+1;-1. The fourth-order valence-electron chi connectivity index (χ4n) is 0.923. The number of phenolic OH excluding ortho intramolecular Hbond substituents is 1. The quantitative estimate of drug-likeness (QED) is 0.611. The molecule has 0 radical (unpaired) electrons. The SMILES string of the molecule is Cc1cc(O)cc(C)c1Br.[H-].[Na+]. The van der Waals surface area contributed by atoms with Gasteiger partial charge in [-0.1, -0.05) is 15.9 Å². The number of hydrogen-bond donors (Lipinski definition) is 1. The van der Waals surface area contributed by atoms with E-state index in [0.717, 1.165) is 15.6 Å². The third-order valence-corrected chi connectivity index (χ3v) is 2.67. The van der Waals surface area contributed by atoms with E-state index in [9.17, 15) is 0 Å². The van der Waals surface area contributed by atoms with E-state index >= 15 is 0 Å². The molecule has 11 heavy (non-hydrogen) atoms. The molecule has 0 aliphatic heterocycles. The van der Waals surface area contributed by atoms with Crippen molar-refractivity contribution < 1.29 is 36.1 Å². The van der Waals surface area contributed by atoms with E-state index in [1.807, 2.05) is 13.8 Å². The van der Waals surface area contributed by atoms with Crippen molar-refractivity contribution in [3.05, 3.63) is 27.7 Å². The summed E-state index contributed by atoms with van der Waals surface area (Å²) in [5, 5.41) is 9.10. The summed E-state index contributed by atoms with van der Waals surface area (Å²) in [5.41, 5.74) is 2.13. The Morgan fingerprint density at radius 2 is 1.64 bits per heavy atom. The van der Waals surface area contributed by atoms with Crippen LogP contribution in [-0.2, 0) is 0 Å². The van der Waals surface area contributed by atoms with Gasteiger partial charge in [0.15, 0.2) is 0 Å². The molecule has 0 saturated carbocycles. The smallest absolute Gasteiger partial charge is 1.00 e. The third kappa shape index (κ3) is 2.79. The second-order valence-electron chi connectivity index (χ2n) is 2.39. The predicted molar refractivity (Wildman–Crippen MR) is 46.4 cm³/mol. The topological polar surface area (TPSA) is 20.2 Å². The van der Waals surface area contributed by atoms with Gasteiger partial charge in [0, 0.05) is 4.47 Å². The maximum absolute atomic E-state index is 9.10. The summed E-state index contributed by atoms with van der Waals surface area (Å²) in [7, 11) is 0. The average Bonchev–Trinajstić information content (AvgIpc) is 1.82. The van der Waals surface area contributed by atoms with Crippen LogP contribution in [0.1, 0.15) is 12.6 Å². The molecule has 0 aliphatic rings. The van der Waals surface area contributed by atoms with Crippen LogP contribution in [0.3, 0.4) is 0 Å². The van der Waals surface area contributed by atoms with Crippen molar-refractivity contribution in [3.8, 4) is 5.75 Å². The van der Waals surface area contributed by atoms with Gasteiger partial charge in [-0.25, -0.2) is 0 Å². The molecule has 1 N–H and O–H groups in total. The van der Waals surface area contributed by atoms with Gasteiger partial charge >= 0.3 is 29.6 Å². The summed E-state index contributed by atoms with van der Waals surface area (Å²) < 4.78 is 1.07. The molecule has 1 rings (SSSR count). The Labute approximate surface area is 98.7 Å². The minimum absolute atomic E-state index is 0. The van der Waals surface area contributed by atoms with Crippen LogP contribution in [0.25, 0.3) is 0 Å². The molecule has 0 aliphatic carbocycles. The number of rotatable bonds is 0. The maximum Gasteiger partial charge on any atom is 1.00 e. The number of phenols is 1. The van der Waals surface area contributed by atoms with Crippen molar-refractivity contribution in [1.29, 1.82) is 0 Å². The number of aryl methyl sites for hydroxylation is 2. The molecule has 0 amide bonds. The second-order valence-corrected chi connectivity index (χ2v) is 3.19. The summed E-state index contributed by atoms with van der Waals surface area (Å²) in [4.78, 5) is 0. The maximum atomic E-state index is 9.10. The van der Waals surface area contributed by atoms with Crippen LogP contribution >= 0.6 is 15.9 Å². The van der Waals surface area contributed by atoms with E-state index in [1.165, 1.54) is 0 Å². The van der Waals surface area contributed by atoms with Gasteiger partial charge in [0.1, 0.15) is 5.75 Å². The number of benzene rings is 1. The predicted octanol–water partition coefficient (Wildman–Crippen LogP) is -0.112. The van der Waals surface area contributed by atoms with Crippen LogP contribution in [-0.4, -0.2) is 5.11 Å². The zero-order valence-corrected chi connectivity index (χ0v) is 10.6. The Morgan fingerprint density at radius 1 is 1.27 bits per heavy atom. The van der Waals surface area contributed by atoms with E-state index in [4.69, 9.17) is 5.11 Å². The molecule has 0 saturated heterocycles. The Hall–Kier alpha value is 0.500. The largest absolute Gasteiger partial charge is 1.00 e. The van der Waals surface area contributed by atoms with Gasteiger partial charge in [-0.15, -0.1) is 0 Å². The molecular formula is C8H10BrNaO. The first-order valence-electron chi connectivity index (χ1n) is 3.07. The van der Waals surface area contributed by atoms with Gasteiger partial charge in [0.2, 0.25) is 0 Å². The molecule has 1 nitrogen and oxygen atoms in total. The summed E-state index contributed by atoms with van der Waals surface area (Å²) in [5.74, 6) is 0.332. The summed E-state index contributed by atoms with van der Waals surface area (Å²) in [6.45, 7) is 3.91. The molecule has 0 fully saturated rings. The van der Waals surface area contributed by atoms with Gasteiger partial charge in [-0.05, 0) is 37.1 Å². The summed E-state index contributed by atoms with van der Waals surface area (Å²) in [6.07, 6.45) is 0. The van der Waals surface area contributed by atoms with Crippen LogP contribution < -0.4 is 29.6 Å². The average molecular weight is 225 g/mol. The number of aromatic hydroxyl groups is 1.